The molecule has 0 aromatic carbocycles. The number of piperidine rings is 1. The molecule has 2 N–H and O–H groups in total. The Bertz CT molecular complexity index is 366. The third-order valence-corrected chi connectivity index (χ3v) is 4.85. The van der Waals surface area contributed by atoms with Crippen LogP contribution in [-0.2, 0) is 0 Å². The highest BCUT2D eigenvalue weighted by Crippen LogP contribution is 2.27. The van der Waals surface area contributed by atoms with Crippen LogP contribution >= 0.6 is 27.3 Å². The van der Waals surface area contributed by atoms with Gasteiger partial charge in [-0.15, -0.1) is 11.3 Å². The summed E-state index contributed by atoms with van der Waals surface area (Å²) in [5.41, 5.74) is 1.12. The van der Waals surface area contributed by atoms with Crippen molar-refractivity contribution in [3.63, 3.8) is 0 Å². The Morgan fingerprint density at radius 1 is 1.69 bits per heavy atom. The van der Waals surface area contributed by atoms with Gasteiger partial charge in [0.1, 0.15) is 0 Å². The summed E-state index contributed by atoms with van der Waals surface area (Å²) in [5.74, 6) is 0.0486. The molecule has 88 valence electrons. The van der Waals surface area contributed by atoms with Crippen LogP contribution in [-0.4, -0.2) is 25.0 Å². The first-order chi connectivity index (χ1) is 7.66. The molecular formula is C11H15BrN2OS. The van der Waals surface area contributed by atoms with Crippen LogP contribution in [0, 0.1) is 6.92 Å². The van der Waals surface area contributed by atoms with Gasteiger partial charge in [-0.05, 0) is 53.9 Å². The van der Waals surface area contributed by atoms with E-state index in [1.165, 1.54) is 11.3 Å². The van der Waals surface area contributed by atoms with Gasteiger partial charge < -0.3 is 10.6 Å². The van der Waals surface area contributed by atoms with E-state index in [9.17, 15) is 4.79 Å². The van der Waals surface area contributed by atoms with Gasteiger partial charge in [0.2, 0.25) is 0 Å². The van der Waals surface area contributed by atoms with Crippen LogP contribution in [0.1, 0.15) is 28.1 Å². The van der Waals surface area contributed by atoms with Crippen molar-refractivity contribution in [2.24, 2.45) is 0 Å². The van der Waals surface area contributed by atoms with E-state index in [0.29, 0.717) is 0 Å². The smallest absolute Gasteiger partial charge is 0.261 e. The molecule has 0 spiro atoms. The Morgan fingerprint density at radius 3 is 3.06 bits per heavy atom. The van der Waals surface area contributed by atoms with E-state index >= 15 is 0 Å². The van der Waals surface area contributed by atoms with Gasteiger partial charge in [0.25, 0.3) is 5.91 Å². The zero-order valence-corrected chi connectivity index (χ0v) is 11.6. The highest BCUT2D eigenvalue weighted by Gasteiger charge is 2.17. The lowest BCUT2D eigenvalue weighted by molar-refractivity contribution is 0.0935. The summed E-state index contributed by atoms with van der Waals surface area (Å²) >= 11 is 4.93. The lowest BCUT2D eigenvalue weighted by Crippen LogP contribution is -2.45. The minimum absolute atomic E-state index is 0.0486. The Morgan fingerprint density at radius 2 is 2.50 bits per heavy atom. The second kappa shape index (κ2) is 5.29. The van der Waals surface area contributed by atoms with E-state index in [1.807, 2.05) is 13.0 Å². The van der Waals surface area contributed by atoms with E-state index < -0.39 is 0 Å². The van der Waals surface area contributed by atoms with Crippen molar-refractivity contribution < 1.29 is 4.79 Å². The SMILES string of the molecule is Cc1cc(C(=O)N[C@@H]2CCCNC2)sc1Br. The summed E-state index contributed by atoms with van der Waals surface area (Å²) in [6.45, 7) is 3.95. The monoisotopic (exact) mass is 302 g/mol. The summed E-state index contributed by atoms with van der Waals surface area (Å²) in [4.78, 5) is 12.7. The molecule has 1 saturated heterocycles. The first kappa shape index (κ1) is 12.1. The molecule has 1 fully saturated rings. The number of amides is 1. The molecule has 1 aromatic heterocycles. The average Bonchev–Trinajstić information content (AvgIpc) is 2.61. The number of hydrogen-bond acceptors (Lipinski definition) is 3. The second-order valence-electron chi connectivity index (χ2n) is 4.08. The summed E-state index contributed by atoms with van der Waals surface area (Å²) in [6.07, 6.45) is 2.21. The molecule has 1 aromatic rings. The molecule has 0 saturated carbocycles. The lowest BCUT2D eigenvalue weighted by Gasteiger charge is -2.23. The van der Waals surface area contributed by atoms with Crippen molar-refractivity contribution in [2.45, 2.75) is 25.8 Å². The van der Waals surface area contributed by atoms with Crippen LogP contribution in [0.4, 0.5) is 0 Å². The molecule has 16 heavy (non-hydrogen) atoms. The number of hydrogen-bond donors (Lipinski definition) is 2. The summed E-state index contributed by atoms with van der Waals surface area (Å²) < 4.78 is 1.04. The fourth-order valence-corrected chi connectivity index (χ4v) is 3.24. The highest BCUT2D eigenvalue weighted by molar-refractivity contribution is 9.11. The normalized spacial score (nSPS) is 20.8. The van der Waals surface area contributed by atoms with Gasteiger partial charge in [-0.25, -0.2) is 0 Å². The van der Waals surface area contributed by atoms with Crippen molar-refractivity contribution >= 4 is 33.2 Å². The predicted molar refractivity (Wildman–Crippen MR) is 70.1 cm³/mol. The van der Waals surface area contributed by atoms with E-state index in [2.05, 4.69) is 26.6 Å². The third-order valence-electron chi connectivity index (χ3n) is 2.71. The maximum atomic E-state index is 11.9. The number of carbonyl (C=O) groups excluding carboxylic acids is 1. The van der Waals surface area contributed by atoms with E-state index in [4.69, 9.17) is 0 Å². The van der Waals surface area contributed by atoms with Crippen LogP contribution in [0.15, 0.2) is 9.85 Å². The maximum Gasteiger partial charge on any atom is 0.261 e. The van der Waals surface area contributed by atoms with Gasteiger partial charge in [-0.3, -0.25) is 4.79 Å². The standard InChI is InChI=1S/C11H15BrN2OS/c1-7-5-9(16-10(7)12)11(15)14-8-3-2-4-13-6-8/h5,8,13H,2-4,6H2,1H3,(H,14,15)/t8-/m1/s1. The number of aryl methyl sites for hydroxylation is 1. The Kier molecular flexibility index (Phi) is 4.00. The van der Waals surface area contributed by atoms with Gasteiger partial charge >= 0.3 is 0 Å². The number of thiophene rings is 1. The minimum atomic E-state index is 0.0486. The van der Waals surface area contributed by atoms with Crippen molar-refractivity contribution in [1.82, 2.24) is 10.6 Å². The lowest BCUT2D eigenvalue weighted by atomic mass is 10.1. The number of rotatable bonds is 2. The zero-order valence-electron chi connectivity index (χ0n) is 9.18. The first-order valence-corrected chi connectivity index (χ1v) is 7.05. The largest absolute Gasteiger partial charge is 0.347 e. The number of carbonyl (C=O) groups is 1. The van der Waals surface area contributed by atoms with Gasteiger partial charge in [0, 0.05) is 12.6 Å². The number of halogens is 1. The van der Waals surface area contributed by atoms with Gasteiger partial charge in [-0.2, -0.15) is 0 Å². The molecular weight excluding hydrogens is 288 g/mol. The van der Waals surface area contributed by atoms with Crippen molar-refractivity contribution in [1.29, 1.82) is 0 Å². The van der Waals surface area contributed by atoms with E-state index in [1.54, 1.807) is 0 Å². The van der Waals surface area contributed by atoms with Crippen molar-refractivity contribution in [3.05, 3.63) is 20.3 Å². The predicted octanol–water partition coefficient (Wildman–Crippen LogP) is 2.30. The molecule has 2 heterocycles. The van der Waals surface area contributed by atoms with Gasteiger partial charge in [0.15, 0.2) is 0 Å². The Labute approximate surface area is 108 Å². The van der Waals surface area contributed by atoms with Crippen LogP contribution < -0.4 is 10.6 Å². The Hall–Kier alpha value is -0.390. The summed E-state index contributed by atoms with van der Waals surface area (Å²) in [7, 11) is 0. The van der Waals surface area contributed by atoms with Crippen LogP contribution in [0.2, 0.25) is 0 Å². The molecule has 3 nitrogen and oxygen atoms in total. The third kappa shape index (κ3) is 2.84. The van der Waals surface area contributed by atoms with Crippen molar-refractivity contribution in [2.75, 3.05) is 13.1 Å². The number of nitrogens with one attached hydrogen (secondary N) is 2. The van der Waals surface area contributed by atoms with E-state index in [-0.39, 0.29) is 11.9 Å². The summed E-state index contributed by atoms with van der Waals surface area (Å²) in [6, 6.07) is 2.21. The molecule has 1 aliphatic rings. The van der Waals surface area contributed by atoms with Crippen LogP contribution in [0.25, 0.3) is 0 Å². The zero-order chi connectivity index (χ0) is 11.5. The van der Waals surface area contributed by atoms with Crippen molar-refractivity contribution in [3.8, 4) is 0 Å². The second-order valence-corrected chi connectivity index (χ2v) is 6.45. The van der Waals surface area contributed by atoms with Gasteiger partial charge in [0.05, 0.1) is 8.66 Å². The highest BCUT2D eigenvalue weighted by atomic mass is 79.9. The van der Waals surface area contributed by atoms with Crippen LogP contribution in [0.3, 0.4) is 0 Å². The summed E-state index contributed by atoms with van der Waals surface area (Å²) in [5, 5.41) is 6.35. The molecule has 1 amide bonds. The molecule has 2 rings (SSSR count). The average molecular weight is 303 g/mol. The molecule has 0 radical (unpaired) electrons. The van der Waals surface area contributed by atoms with Gasteiger partial charge in [-0.1, -0.05) is 0 Å². The minimum Gasteiger partial charge on any atom is -0.347 e. The maximum absolute atomic E-state index is 11.9. The van der Waals surface area contributed by atoms with E-state index in [0.717, 1.165) is 40.2 Å². The first-order valence-electron chi connectivity index (χ1n) is 5.44. The fraction of sp³-hybridized carbons (Fsp3) is 0.545. The molecule has 1 aliphatic heterocycles. The van der Waals surface area contributed by atoms with Crippen LogP contribution in [0.5, 0.6) is 0 Å². The topological polar surface area (TPSA) is 41.1 Å². The molecule has 0 aliphatic carbocycles. The molecule has 5 heteroatoms. The molecule has 1 atom stereocenters. The molecule has 0 unspecified atom stereocenters. The Balaban J connectivity index is 1.96. The quantitative estimate of drug-likeness (QED) is 0.880. The fourth-order valence-electron chi connectivity index (χ4n) is 1.80. The molecule has 0 bridgehead atoms.